The summed E-state index contributed by atoms with van der Waals surface area (Å²) in [6, 6.07) is 36.2. The predicted octanol–water partition coefficient (Wildman–Crippen LogP) is 8.28. The Kier molecular flexibility index (Phi) is 10.1. The van der Waals surface area contributed by atoms with Crippen LogP contribution in [0.4, 0.5) is 11.4 Å². The van der Waals surface area contributed by atoms with Gasteiger partial charge < -0.3 is 16.0 Å². The molecule has 43 heavy (non-hydrogen) atoms. The molecule has 1 atom stereocenters. The second-order valence-corrected chi connectivity index (χ2v) is 11.9. The van der Waals surface area contributed by atoms with Gasteiger partial charge in [0.2, 0.25) is 5.91 Å². The van der Waals surface area contributed by atoms with Gasteiger partial charge in [-0.1, -0.05) is 72.3 Å². The molecule has 0 saturated carbocycles. The van der Waals surface area contributed by atoms with Gasteiger partial charge in [0.05, 0.1) is 0 Å². The lowest BCUT2D eigenvalue weighted by atomic mass is 10.1. The summed E-state index contributed by atoms with van der Waals surface area (Å²) in [6.45, 7) is 0. The zero-order chi connectivity index (χ0) is 30.0. The summed E-state index contributed by atoms with van der Waals surface area (Å²) in [5, 5.41) is 10.5. The monoisotopic (exact) mass is 623 g/mol. The first-order valence-corrected chi connectivity index (χ1v) is 15.4. The average Bonchev–Trinajstić information content (AvgIpc) is 3.54. The highest BCUT2D eigenvalue weighted by molar-refractivity contribution is 8.00. The number of benzene rings is 4. The van der Waals surface area contributed by atoms with E-state index in [2.05, 4.69) is 16.0 Å². The minimum absolute atomic E-state index is 0.122. The molecule has 1 heterocycles. The molecule has 0 aliphatic heterocycles. The minimum Gasteiger partial charge on any atom is -0.325 e. The smallest absolute Gasteiger partial charge is 0.272 e. The number of carbonyl (C=O) groups excluding carboxylic acids is 3. The third-order valence-corrected chi connectivity index (χ3v) is 8.48. The molecule has 0 aliphatic carbocycles. The number of halogens is 1. The Morgan fingerprint density at radius 2 is 1.47 bits per heavy atom. The van der Waals surface area contributed by atoms with Crippen LogP contribution in [0.5, 0.6) is 0 Å². The van der Waals surface area contributed by atoms with Crippen molar-refractivity contribution in [2.45, 2.75) is 10.1 Å². The van der Waals surface area contributed by atoms with Gasteiger partial charge in [-0.2, -0.15) is 0 Å². The molecule has 5 aromatic rings. The fourth-order valence-electron chi connectivity index (χ4n) is 4.08. The Morgan fingerprint density at radius 1 is 0.744 bits per heavy atom. The number of rotatable bonds is 10. The second-order valence-electron chi connectivity index (χ2n) is 9.28. The van der Waals surface area contributed by atoms with E-state index in [0.29, 0.717) is 22.0 Å². The van der Waals surface area contributed by atoms with Crippen LogP contribution in [0.1, 0.15) is 26.0 Å². The largest absolute Gasteiger partial charge is 0.325 e. The Hall–Kier alpha value is -4.63. The summed E-state index contributed by atoms with van der Waals surface area (Å²) in [4.78, 5) is 41.1. The molecule has 0 fully saturated rings. The van der Waals surface area contributed by atoms with Crippen LogP contribution in [0.15, 0.2) is 137 Å². The van der Waals surface area contributed by atoms with Crippen molar-refractivity contribution in [3.8, 4) is 0 Å². The molecule has 1 aromatic heterocycles. The number of hydrogen-bond donors (Lipinski definition) is 3. The zero-order valence-corrected chi connectivity index (χ0v) is 25.1. The quantitative estimate of drug-likeness (QED) is 0.108. The van der Waals surface area contributed by atoms with Crippen LogP contribution < -0.4 is 16.0 Å². The topological polar surface area (TPSA) is 87.3 Å². The number of hydrogen-bond acceptors (Lipinski definition) is 5. The van der Waals surface area contributed by atoms with Gasteiger partial charge in [-0.15, -0.1) is 23.1 Å². The first kappa shape index (κ1) is 29.8. The van der Waals surface area contributed by atoms with E-state index in [4.69, 9.17) is 11.6 Å². The molecule has 6 nitrogen and oxygen atoms in total. The van der Waals surface area contributed by atoms with Crippen LogP contribution in [-0.2, 0) is 9.59 Å². The number of amides is 3. The maximum atomic E-state index is 13.4. The Bertz CT molecular complexity index is 1730. The van der Waals surface area contributed by atoms with Gasteiger partial charge in [-0.25, -0.2) is 0 Å². The molecule has 3 N–H and O–H groups in total. The Balaban J connectivity index is 1.30. The van der Waals surface area contributed by atoms with Crippen LogP contribution in [0.3, 0.4) is 0 Å². The average molecular weight is 624 g/mol. The van der Waals surface area contributed by atoms with Crippen molar-refractivity contribution >= 4 is 69.9 Å². The van der Waals surface area contributed by atoms with E-state index >= 15 is 0 Å². The van der Waals surface area contributed by atoms with Gasteiger partial charge in [0.25, 0.3) is 11.8 Å². The normalized spacial score (nSPS) is 11.8. The van der Waals surface area contributed by atoms with Gasteiger partial charge in [-0.3, -0.25) is 14.4 Å². The van der Waals surface area contributed by atoms with Crippen molar-refractivity contribution < 1.29 is 14.4 Å². The summed E-state index contributed by atoms with van der Waals surface area (Å²) >= 11 is 8.95. The third kappa shape index (κ3) is 8.45. The van der Waals surface area contributed by atoms with E-state index in [1.807, 2.05) is 66.0 Å². The zero-order valence-electron chi connectivity index (χ0n) is 22.7. The lowest BCUT2D eigenvalue weighted by Crippen LogP contribution is -2.30. The molecule has 9 heteroatoms. The molecule has 0 spiro atoms. The summed E-state index contributed by atoms with van der Waals surface area (Å²) in [7, 11) is 0. The molecule has 0 aliphatic rings. The van der Waals surface area contributed by atoms with Crippen molar-refractivity contribution in [2.24, 2.45) is 0 Å². The van der Waals surface area contributed by atoms with Crippen molar-refractivity contribution in [1.82, 2.24) is 5.32 Å². The highest BCUT2D eigenvalue weighted by Gasteiger charge is 2.22. The Labute approximate surface area is 262 Å². The number of thiophene rings is 1. The number of thioether (sulfide) groups is 1. The molecular formula is C34H26ClN3O3S2. The standard InChI is InChI=1S/C34H26ClN3O3S2/c35-25-13-7-14-27(21-25)37-34(41)31(23-9-3-1-4-10-23)43-28-18-16-26(17-19-28)36-33(40)30(22-29-15-8-20-42-29)38-32(39)24-11-5-2-6-12-24/h1-22,31H,(H,36,40)(H,37,41)(H,38,39)/b30-22-. The van der Waals surface area contributed by atoms with E-state index < -0.39 is 11.2 Å². The van der Waals surface area contributed by atoms with E-state index in [0.717, 1.165) is 15.3 Å². The maximum Gasteiger partial charge on any atom is 0.272 e. The number of anilines is 2. The maximum absolute atomic E-state index is 13.4. The molecule has 1 unspecified atom stereocenters. The second kappa shape index (κ2) is 14.5. The van der Waals surface area contributed by atoms with E-state index in [-0.39, 0.29) is 17.5 Å². The lowest BCUT2D eigenvalue weighted by Gasteiger charge is -2.17. The van der Waals surface area contributed by atoms with Gasteiger partial charge in [-0.05, 0) is 77.7 Å². The van der Waals surface area contributed by atoms with Crippen molar-refractivity contribution in [3.63, 3.8) is 0 Å². The fourth-order valence-corrected chi connectivity index (χ4v) is 5.96. The van der Waals surface area contributed by atoms with Crippen LogP contribution in [0.25, 0.3) is 6.08 Å². The molecule has 4 aromatic carbocycles. The van der Waals surface area contributed by atoms with E-state index in [1.54, 1.807) is 66.7 Å². The summed E-state index contributed by atoms with van der Waals surface area (Å²) < 4.78 is 0. The molecular weight excluding hydrogens is 598 g/mol. The summed E-state index contributed by atoms with van der Waals surface area (Å²) in [5.74, 6) is -1.03. The minimum atomic E-state index is -0.533. The van der Waals surface area contributed by atoms with Gasteiger partial charge >= 0.3 is 0 Å². The van der Waals surface area contributed by atoms with E-state index in [9.17, 15) is 14.4 Å². The first-order chi connectivity index (χ1) is 20.9. The van der Waals surface area contributed by atoms with E-state index in [1.165, 1.54) is 23.1 Å². The third-order valence-electron chi connectivity index (χ3n) is 6.16. The van der Waals surface area contributed by atoms with Crippen LogP contribution in [0, 0.1) is 0 Å². The molecule has 214 valence electrons. The molecule has 5 rings (SSSR count). The molecule has 3 amide bonds. The number of carbonyl (C=O) groups is 3. The summed E-state index contributed by atoms with van der Waals surface area (Å²) in [5.41, 5.74) is 2.57. The first-order valence-electron chi connectivity index (χ1n) is 13.3. The SMILES string of the molecule is O=C(Nc1ccc(SC(C(=O)Nc2cccc(Cl)c2)c2ccccc2)cc1)/C(=C/c1cccs1)NC(=O)c1ccccc1. The van der Waals surface area contributed by atoms with Crippen molar-refractivity contribution in [3.05, 3.63) is 153 Å². The van der Waals surface area contributed by atoms with Crippen molar-refractivity contribution in [2.75, 3.05) is 10.6 Å². The summed E-state index contributed by atoms with van der Waals surface area (Å²) in [6.07, 6.45) is 1.65. The van der Waals surface area contributed by atoms with Gasteiger partial charge in [0.1, 0.15) is 10.9 Å². The van der Waals surface area contributed by atoms with Crippen LogP contribution in [0.2, 0.25) is 5.02 Å². The van der Waals surface area contributed by atoms with Gasteiger partial charge in [0.15, 0.2) is 0 Å². The lowest BCUT2D eigenvalue weighted by molar-refractivity contribution is -0.116. The van der Waals surface area contributed by atoms with Crippen molar-refractivity contribution in [1.29, 1.82) is 0 Å². The molecule has 0 radical (unpaired) electrons. The van der Waals surface area contributed by atoms with Gasteiger partial charge in [0, 0.05) is 31.7 Å². The highest BCUT2D eigenvalue weighted by Crippen LogP contribution is 2.37. The predicted molar refractivity (Wildman–Crippen MR) is 176 cm³/mol. The molecule has 0 saturated heterocycles. The molecule has 0 bridgehead atoms. The highest BCUT2D eigenvalue weighted by atomic mass is 35.5. The fraction of sp³-hybridized carbons (Fsp3) is 0.0294. The number of nitrogens with one attached hydrogen (secondary N) is 3. The Morgan fingerprint density at radius 3 is 2.14 bits per heavy atom. The van der Waals surface area contributed by atoms with Crippen LogP contribution in [-0.4, -0.2) is 17.7 Å². The van der Waals surface area contributed by atoms with Crippen LogP contribution >= 0.6 is 34.7 Å².